The molecule has 0 aromatic carbocycles. The molecule has 0 aliphatic carbocycles. The van der Waals surface area contributed by atoms with Crippen molar-refractivity contribution in [1.29, 1.82) is 0 Å². The zero-order chi connectivity index (χ0) is 10.7. The van der Waals surface area contributed by atoms with Gasteiger partial charge in [0, 0.05) is 19.8 Å². The molecule has 0 atom stereocenters. The zero-order valence-electron chi connectivity index (χ0n) is 8.96. The van der Waals surface area contributed by atoms with Gasteiger partial charge in [-0.15, -0.1) is 0 Å². The van der Waals surface area contributed by atoms with E-state index in [0.29, 0.717) is 5.82 Å². The lowest BCUT2D eigenvalue weighted by atomic mass is 10.2. The second-order valence-electron chi connectivity index (χ2n) is 3.50. The Kier molecular flexibility index (Phi) is 3.06. The topological polar surface area (TPSA) is 45.2 Å². The van der Waals surface area contributed by atoms with Gasteiger partial charge >= 0.3 is 6.03 Å². The van der Waals surface area contributed by atoms with Gasteiger partial charge < -0.3 is 4.90 Å². The fourth-order valence-corrected chi connectivity index (χ4v) is 1.13. The number of urea groups is 1. The molecular weight excluding hydrogens is 178 g/mol. The molecule has 4 nitrogen and oxygen atoms in total. The number of hydrogen-bond donors (Lipinski definition) is 1. The first-order valence-electron chi connectivity index (χ1n) is 4.42. The lowest BCUT2D eigenvalue weighted by molar-refractivity contribution is 0.230. The quantitative estimate of drug-likeness (QED) is 0.739. The summed E-state index contributed by atoms with van der Waals surface area (Å²) in [6.07, 6.45) is 0. The van der Waals surface area contributed by atoms with Crippen LogP contribution in [-0.2, 0) is 0 Å². The number of pyridine rings is 1. The predicted octanol–water partition coefficient (Wildman–Crippen LogP) is 1.79. The van der Waals surface area contributed by atoms with Gasteiger partial charge in [-0.3, -0.25) is 5.32 Å². The lowest BCUT2D eigenvalue weighted by Gasteiger charge is -2.11. The van der Waals surface area contributed by atoms with Gasteiger partial charge in [-0.2, -0.15) is 0 Å². The van der Waals surface area contributed by atoms with E-state index in [1.165, 1.54) is 4.90 Å². The van der Waals surface area contributed by atoms with Gasteiger partial charge in [0.1, 0.15) is 5.82 Å². The van der Waals surface area contributed by atoms with Crippen LogP contribution in [-0.4, -0.2) is 30.0 Å². The van der Waals surface area contributed by atoms with E-state index in [4.69, 9.17) is 0 Å². The Morgan fingerprint density at radius 3 is 2.50 bits per heavy atom. The van der Waals surface area contributed by atoms with Crippen LogP contribution in [0.3, 0.4) is 0 Å². The standard InChI is InChI=1S/C10H15N3O/c1-7-5-8(2)11-9(6-7)12-10(14)13(3)4/h5-6H,1-4H3,(H,11,12,14). The van der Waals surface area contributed by atoms with Crippen LogP contribution in [0.15, 0.2) is 12.1 Å². The Morgan fingerprint density at radius 2 is 2.00 bits per heavy atom. The van der Waals surface area contributed by atoms with E-state index in [0.717, 1.165) is 11.3 Å². The third-order valence-electron chi connectivity index (χ3n) is 1.74. The Bertz CT molecular complexity index is 327. The molecule has 1 rings (SSSR count). The molecule has 0 saturated carbocycles. The molecule has 4 heteroatoms. The highest BCUT2D eigenvalue weighted by atomic mass is 16.2. The highest BCUT2D eigenvalue weighted by Crippen LogP contribution is 2.09. The Hall–Kier alpha value is -1.58. The van der Waals surface area contributed by atoms with Gasteiger partial charge in [0.15, 0.2) is 0 Å². The molecule has 0 saturated heterocycles. The van der Waals surface area contributed by atoms with Crippen molar-refractivity contribution in [3.8, 4) is 0 Å². The second-order valence-corrected chi connectivity index (χ2v) is 3.50. The zero-order valence-corrected chi connectivity index (χ0v) is 8.96. The van der Waals surface area contributed by atoms with Crippen molar-refractivity contribution in [3.63, 3.8) is 0 Å². The summed E-state index contributed by atoms with van der Waals surface area (Å²) in [5, 5.41) is 2.70. The molecule has 1 heterocycles. The minimum atomic E-state index is -0.164. The molecule has 0 radical (unpaired) electrons. The van der Waals surface area contributed by atoms with Gasteiger partial charge in [0.2, 0.25) is 0 Å². The first-order valence-corrected chi connectivity index (χ1v) is 4.42. The molecule has 0 bridgehead atoms. The molecule has 0 spiro atoms. The predicted molar refractivity (Wildman–Crippen MR) is 56.4 cm³/mol. The summed E-state index contributed by atoms with van der Waals surface area (Å²) in [7, 11) is 3.38. The molecule has 76 valence electrons. The van der Waals surface area contributed by atoms with Gasteiger partial charge in [-0.25, -0.2) is 9.78 Å². The normalized spacial score (nSPS) is 9.71. The molecule has 0 aliphatic heterocycles. The first-order chi connectivity index (χ1) is 6.49. The van der Waals surface area contributed by atoms with E-state index in [9.17, 15) is 4.79 Å². The molecule has 1 N–H and O–H groups in total. The number of anilines is 1. The van der Waals surface area contributed by atoms with Crippen molar-refractivity contribution in [2.24, 2.45) is 0 Å². The van der Waals surface area contributed by atoms with E-state index >= 15 is 0 Å². The van der Waals surface area contributed by atoms with Gasteiger partial charge in [-0.1, -0.05) is 0 Å². The summed E-state index contributed by atoms with van der Waals surface area (Å²) in [6.45, 7) is 3.87. The van der Waals surface area contributed by atoms with Crippen LogP contribution in [0, 0.1) is 13.8 Å². The molecule has 0 aliphatic rings. The minimum absolute atomic E-state index is 0.164. The average Bonchev–Trinajstić information content (AvgIpc) is 2.01. The van der Waals surface area contributed by atoms with Crippen LogP contribution in [0.1, 0.15) is 11.3 Å². The molecule has 2 amide bonds. The van der Waals surface area contributed by atoms with Crippen molar-refractivity contribution in [1.82, 2.24) is 9.88 Å². The smallest absolute Gasteiger partial charge is 0.322 e. The van der Waals surface area contributed by atoms with Gasteiger partial charge in [-0.05, 0) is 31.5 Å². The highest BCUT2D eigenvalue weighted by molar-refractivity contribution is 5.87. The fraction of sp³-hybridized carbons (Fsp3) is 0.400. The monoisotopic (exact) mass is 193 g/mol. The number of amides is 2. The maximum absolute atomic E-state index is 11.3. The number of rotatable bonds is 1. The number of aromatic nitrogens is 1. The van der Waals surface area contributed by atoms with Gasteiger partial charge in [0.05, 0.1) is 0 Å². The molecule has 1 aromatic heterocycles. The van der Waals surface area contributed by atoms with E-state index in [2.05, 4.69) is 10.3 Å². The SMILES string of the molecule is Cc1cc(C)nc(NC(=O)N(C)C)c1. The number of carbonyl (C=O) groups excluding carboxylic acids is 1. The third kappa shape index (κ3) is 2.73. The number of hydrogen-bond acceptors (Lipinski definition) is 2. The Morgan fingerprint density at radius 1 is 1.36 bits per heavy atom. The third-order valence-corrected chi connectivity index (χ3v) is 1.74. The largest absolute Gasteiger partial charge is 0.331 e. The van der Waals surface area contributed by atoms with Gasteiger partial charge in [0.25, 0.3) is 0 Å². The van der Waals surface area contributed by atoms with Crippen LogP contribution >= 0.6 is 0 Å². The molecule has 0 unspecified atom stereocenters. The van der Waals surface area contributed by atoms with Crippen LogP contribution in [0.4, 0.5) is 10.6 Å². The van der Waals surface area contributed by atoms with Crippen LogP contribution < -0.4 is 5.32 Å². The van der Waals surface area contributed by atoms with Crippen molar-refractivity contribution >= 4 is 11.8 Å². The van der Waals surface area contributed by atoms with E-state index in [-0.39, 0.29) is 6.03 Å². The van der Waals surface area contributed by atoms with Crippen LogP contribution in [0.2, 0.25) is 0 Å². The van der Waals surface area contributed by atoms with Crippen molar-refractivity contribution in [3.05, 3.63) is 23.4 Å². The molecular formula is C10H15N3O. The lowest BCUT2D eigenvalue weighted by Crippen LogP contribution is -2.27. The fourth-order valence-electron chi connectivity index (χ4n) is 1.13. The minimum Gasteiger partial charge on any atom is -0.331 e. The maximum atomic E-state index is 11.3. The van der Waals surface area contributed by atoms with E-state index < -0.39 is 0 Å². The van der Waals surface area contributed by atoms with Crippen molar-refractivity contribution in [2.45, 2.75) is 13.8 Å². The second kappa shape index (κ2) is 4.09. The summed E-state index contributed by atoms with van der Waals surface area (Å²) in [4.78, 5) is 17.0. The van der Waals surface area contributed by atoms with Crippen molar-refractivity contribution in [2.75, 3.05) is 19.4 Å². The number of aryl methyl sites for hydroxylation is 2. The number of nitrogens with zero attached hydrogens (tertiary/aromatic N) is 2. The maximum Gasteiger partial charge on any atom is 0.322 e. The molecule has 1 aromatic rings. The van der Waals surface area contributed by atoms with E-state index in [1.54, 1.807) is 14.1 Å². The summed E-state index contributed by atoms with van der Waals surface area (Å²) < 4.78 is 0. The number of nitrogens with one attached hydrogen (secondary N) is 1. The molecule has 0 fully saturated rings. The summed E-state index contributed by atoms with van der Waals surface area (Å²) in [6, 6.07) is 3.64. The Balaban J connectivity index is 2.82. The number of carbonyl (C=O) groups is 1. The summed E-state index contributed by atoms with van der Waals surface area (Å²) in [5.41, 5.74) is 1.99. The summed E-state index contributed by atoms with van der Waals surface area (Å²) >= 11 is 0. The average molecular weight is 193 g/mol. The first kappa shape index (κ1) is 10.5. The Labute approximate surface area is 83.9 Å². The molecule has 14 heavy (non-hydrogen) atoms. The van der Waals surface area contributed by atoms with E-state index in [1.807, 2.05) is 26.0 Å². The highest BCUT2D eigenvalue weighted by Gasteiger charge is 2.04. The summed E-state index contributed by atoms with van der Waals surface area (Å²) in [5.74, 6) is 0.598. The van der Waals surface area contributed by atoms with Crippen LogP contribution in [0.25, 0.3) is 0 Å². The van der Waals surface area contributed by atoms with Crippen molar-refractivity contribution < 1.29 is 4.79 Å². The van der Waals surface area contributed by atoms with Crippen LogP contribution in [0.5, 0.6) is 0 Å².